The van der Waals surface area contributed by atoms with Crippen molar-refractivity contribution < 1.29 is 4.74 Å². The van der Waals surface area contributed by atoms with Crippen LogP contribution in [-0.4, -0.2) is 30.4 Å². The molecule has 1 heterocycles. The summed E-state index contributed by atoms with van der Waals surface area (Å²) >= 11 is 0. The van der Waals surface area contributed by atoms with Crippen LogP contribution in [0.3, 0.4) is 0 Å². The Labute approximate surface area is 73.1 Å². The van der Waals surface area contributed by atoms with Gasteiger partial charge in [0, 0.05) is 19.5 Å². The normalized spacial score (nSPS) is 23.4. The number of nitrogens with one attached hydrogen (secondary N) is 1. The first-order valence-corrected chi connectivity index (χ1v) is 4.18. The molecule has 1 N–H and O–H groups in total. The smallest absolute Gasteiger partial charge is 0.126 e. The van der Waals surface area contributed by atoms with Crippen LogP contribution in [0.25, 0.3) is 0 Å². The van der Waals surface area contributed by atoms with Crippen LogP contribution in [-0.2, 0) is 4.74 Å². The number of hydrogen-bond donors (Lipinski definition) is 1. The first-order valence-electron chi connectivity index (χ1n) is 4.18. The third-order valence-electron chi connectivity index (χ3n) is 1.74. The highest BCUT2D eigenvalue weighted by atomic mass is 16.5. The van der Waals surface area contributed by atoms with Crippen molar-refractivity contribution >= 4 is 0 Å². The molecule has 0 aromatic carbocycles. The van der Waals surface area contributed by atoms with E-state index in [-0.39, 0.29) is 5.72 Å². The number of rotatable bonds is 2. The van der Waals surface area contributed by atoms with E-state index < -0.39 is 0 Å². The second-order valence-corrected chi connectivity index (χ2v) is 3.37. The molecule has 0 saturated carbocycles. The van der Waals surface area contributed by atoms with E-state index in [9.17, 15) is 0 Å². The van der Waals surface area contributed by atoms with Gasteiger partial charge in [0.15, 0.2) is 0 Å². The van der Waals surface area contributed by atoms with E-state index in [2.05, 4.69) is 11.5 Å². The molecule has 0 aromatic rings. The Bertz CT molecular complexity index is 185. The number of ether oxygens (including phenoxy) is 1. The van der Waals surface area contributed by atoms with Crippen molar-refractivity contribution in [3.8, 4) is 6.07 Å². The zero-order valence-corrected chi connectivity index (χ0v) is 7.63. The molecule has 0 unspecified atom stereocenters. The fourth-order valence-corrected chi connectivity index (χ4v) is 1.23. The average Bonchev–Trinajstić information content (AvgIpc) is 1.99. The monoisotopic (exact) mass is 169 g/mol. The number of nitriles is 1. The van der Waals surface area contributed by atoms with Gasteiger partial charge >= 0.3 is 0 Å². The quantitative estimate of drug-likeness (QED) is 0.653. The average molecular weight is 169 g/mol. The molecule has 1 rings (SSSR count). The molecular weight excluding hydrogens is 154 g/mol. The Kier molecular flexibility index (Phi) is 3.04. The lowest BCUT2D eigenvalue weighted by atomic mass is 10.3. The van der Waals surface area contributed by atoms with Crippen LogP contribution in [0.4, 0.5) is 0 Å². The first kappa shape index (κ1) is 9.46. The van der Waals surface area contributed by atoms with E-state index in [0.29, 0.717) is 6.42 Å². The van der Waals surface area contributed by atoms with Crippen molar-refractivity contribution in [3.05, 3.63) is 0 Å². The van der Waals surface area contributed by atoms with Crippen molar-refractivity contribution in [2.75, 3.05) is 19.7 Å². The van der Waals surface area contributed by atoms with Gasteiger partial charge < -0.3 is 4.74 Å². The van der Waals surface area contributed by atoms with Gasteiger partial charge in [0.1, 0.15) is 5.72 Å². The molecule has 0 aromatic heterocycles. The van der Waals surface area contributed by atoms with Gasteiger partial charge in [-0.3, -0.25) is 0 Å². The lowest BCUT2D eigenvalue weighted by Gasteiger charge is -2.38. The van der Waals surface area contributed by atoms with Gasteiger partial charge in [-0.2, -0.15) is 5.26 Å². The summed E-state index contributed by atoms with van der Waals surface area (Å²) < 4.78 is 5.44. The summed E-state index contributed by atoms with van der Waals surface area (Å²) in [6, 6.07) is 2.12. The van der Waals surface area contributed by atoms with Crippen molar-refractivity contribution in [2.45, 2.75) is 26.0 Å². The van der Waals surface area contributed by atoms with E-state index >= 15 is 0 Å². The Morgan fingerprint density at radius 1 is 1.67 bits per heavy atom. The van der Waals surface area contributed by atoms with Crippen LogP contribution < -0.4 is 5.43 Å². The summed E-state index contributed by atoms with van der Waals surface area (Å²) in [5, 5.41) is 10.4. The highest BCUT2D eigenvalue weighted by Crippen LogP contribution is 2.10. The molecule has 4 heteroatoms. The fourth-order valence-electron chi connectivity index (χ4n) is 1.23. The van der Waals surface area contributed by atoms with Crippen LogP contribution in [0.5, 0.6) is 0 Å². The summed E-state index contributed by atoms with van der Waals surface area (Å²) in [4.78, 5) is 0. The maximum atomic E-state index is 8.39. The lowest BCUT2D eigenvalue weighted by molar-refractivity contribution is -0.140. The minimum atomic E-state index is -0.284. The van der Waals surface area contributed by atoms with Gasteiger partial charge in [-0.15, -0.1) is 0 Å². The van der Waals surface area contributed by atoms with Gasteiger partial charge in [-0.1, -0.05) is 0 Å². The van der Waals surface area contributed by atoms with Crippen molar-refractivity contribution in [3.63, 3.8) is 0 Å². The van der Waals surface area contributed by atoms with Crippen LogP contribution in [0.2, 0.25) is 0 Å². The molecule has 1 aliphatic rings. The van der Waals surface area contributed by atoms with Crippen molar-refractivity contribution in [2.24, 2.45) is 0 Å². The van der Waals surface area contributed by atoms with Crippen LogP contribution >= 0.6 is 0 Å². The van der Waals surface area contributed by atoms with Crippen LogP contribution in [0.1, 0.15) is 20.3 Å². The molecule has 4 nitrogen and oxygen atoms in total. The van der Waals surface area contributed by atoms with Crippen molar-refractivity contribution in [1.29, 1.82) is 5.26 Å². The molecule has 0 radical (unpaired) electrons. The topological polar surface area (TPSA) is 48.3 Å². The molecule has 1 saturated heterocycles. The van der Waals surface area contributed by atoms with E-state index in [0.717, 1.165) is 19.7 Å². The Morgan fingerprint density at radius 3 is 3.00 bits per heavy atom. The van der Waals surface area contributed by atoms with Crippen LogP contribution in [0, 0.1) is 11.3 Å². The highest BCUT2D eigenvalue weighted by Gasteiger charge is 2.25. The van der Waals surface area contributed by atoms with Gasteiger partial charge in [-0.25, -0.2) is 10.4 Å². The minimum absolute atomic E-state index is 0.284. The molecule has 0 spiro atoms. The third-order valence-corrected chi connectivity index (χ3v) is 1.74. The molecule has 68 valence electrons. The molecule has 0 amide bonds. The number of nitrogens with zero attached hydrogens (tertiary/aromatic N) is 2. The van der Waals surface area contributed by atoms with Gasteiger partial charge in [0.05, 0.1) is 12.7 Å². The molecule has 1 aliphatic heterocycles. The predicted molar refractivity (Wildman–Crippen MR) is 45.0 cm³/mol. The lowest BCUT2D eigenvalue weighted by Crippen LogP contribution is -2.58. The van der Waals surface area contributed by atoms with E-state index in [4.69, 9.17) is 10.00 Å². The summed E-state index contributed by atoms with van der Waals surface area (Å²) in [6.07, 6.45) is 0.559. The van der Waals surface area contributed by atoms with Crippen LogP contribution in [0.15, 0.2) is 0 Å². The predicted octanol–water partition coefficient (Wildman–Crippen LogP) is 0.473. The Morgan fingerprint density at radius 2 is 2.42 bits per heavy atom. The highest BCUT2D eigenvalue weighted by molar-refractivity contribution is 4.75. The fraction of sp³-hybridized carbons (Fsp3) is 0.875. The second kappa shape index (κ2) is 3.85. The zero-order chi connectivity index (χ0) is 9.03. The number of hydrazine groups is 1. The molecular formula is C8H15N3O. The SMILES string of the molecule is CC1(C)NN(CCC#N)CCO1. The summed E-state index contributed by atoms with van der Waals surface area (Å²) in [5.41, 5.74) is 2.90. The molecule has 0 bridgehead atoms. The molecule has 1 fully saturated rings. The number of hydrogen-bond acceptors (Lipinski definition) is 4. The minimum Gasteiger partial charge on any atom is -0.359 e. The maximum Gasteiger partial charge on any atom is 0.126 e. The van der Waals surface area contributed by atoms with E-state index in [1.54, 1.807) is 0 Å². The summed E-state index contributed by atoms with van der Waals surface area (Å²) in [5.74, 6) is 0. The zero-order valence-electron chi connectivity index (χ0n) is 7.63. The summed E-state index contributed by atoms with van der Waals surface area (Å²) in [6.45, 7) is 6.30. The van der Waals surface area contributed by atoms with E-state index in [1.807, 2.05) is 18.9 Å². The van der Waals surface area contributed by atoms with E-state index in [1.165, 1.54) is 0 Å². The standard InChI is InChI=1S/C8H15N3O/c1-8(2)10-11(5-3-4-9)6-7-12-8/h10H,3,5-7H2,1-2H3. The van der Waals surface area contributed by atoms with Crippen molar-refractivity contribution in [1.82, 2.24) is 10.4 Å². The largest absolute Gasteiger partial charge is 0.359 e. The second-order valence-electron chi connectivity index (χ2n) is 3.37. The molecule has 0 aliphatic carbocycles. The Balaban J connectivity index is 2.32. The third kappa shape index (κ3) is 2.78. The first-order chi connectivity index (χ1) is 5.64. The molecule has 12 heavy (non-hydrogen) atoms. The van der Waals surface area contributed by atoms with Gasteiger partial charge in [0.2, 0.25) is 0 Å². The molecule has 0 atom stereocenters. The maximum absolute atomic E-state index is 8.39. The van der Waals surface area contributed by atoms with Gasteiger partial charge in [-0.05, 0) is 13.8 Å². The Hall–Kier alpha value is -0.630. The van der Waals surface area contributed by atoms with Gasteiger partial charge in [0.25, 0.3) is 0 Å². The summed E-state index contributed by atoms with van der Waals surface area (Å²) in [7, 11) is 0.